The van der Waals surface area contributed by atoms with Crippen LogP contribution in [0.1, 0.15) is 59.3 Å². The van der Waals surface area contributed by atoms with Crippen LogP contribution in [0, 0.1) is 5.92 Å². The van der Waals surface area contributed by atoms with E-state index in [1.807, 2.05) is 6.92 Å². The van der Waals surface area contributed by atoms with Crippen LogP contribution in [0.3, 0.4) is 0 Å². The third kappa shape index (κ3) is 4.84. The van der Waals surface area contributed by atoms with E-state index < -0.39 is 5.60 Å². The van der Waals surface area contributed by atoms with Crippen molar-refractivity contribution >= 4 is 0 Å². The first-order chi connectivity index (χ1) is 7.57. The van der Waals surface area contributed by atoms with Gasteiger partial charge in [0, 0.05) is 19.6 Å². The summed E-state index contributed by atoms with van der Waals surface area (Å²) in [7, 11) is 0. The third-order valence-corrected chi connectivity index (χ3v) is 3.99. The molecule has 1 N–H and O–H groups in total. The third-order valence-electron chi connectivity index (χ3n) is 3.99. The van der Waals surface area contributed by atoms with Crippen LogP contribution >= 0.6 is 0 Å². The Morgan fingerprint density at radius 1 is 1.25 bits per heavy atom. The molecule has 1 aliphatic rings. The van der Waals surface area contributed by atoms with Crippen LogP contribution in [0.15, 0.2) is 0 Å². The molecule has 96 valence electrons. The molecule has 1 saturated heterocycles. The Bertz CT molecular complexity index is 181. The number of aliphatic hydroxyl groups is 1. The van der Waals surface area contributed by atoms with Gasteiger partial charge in [0.1, 0.15) is 0 Å². The highest BCUT2D eigenvalue weighted by Crippen LogP contribution is 2.23. The summed E-state index contributed by atoms with van der Waals surface area (Å²) < 4.78 is 0. The van der Waals surface area contributed by atoms with Crippen molar-refractivity contribution in [3.05, 3.63) is 0 Å². The van der Waals surface area contributed by atoms with Crippen LogP contribution in [0.5, 0.6) is 0 Å². The van der Waals surface area contributed by atoms with E-state index in [4.69, 9.17) is 0 Å². The predicted octanol–water partition coefficient (Wildman–Crippen LogP) is 3.05. The molecule has 1 fully saturated rings. The Kier molecular flexibility index (Phi) is 5.77. The van der Waals surface area contributed by atoms with Gasteiger partial charge in [0.2, 0.25) is 0 Å². The van der Waals surface area contributed by atoms with E-state index in [2.05, 4.69) is 18.7 Å². The van der Waals surface area contributed by atoms with Crippen molar-refractivity contribution in [2.45, 2.75) is 64.9 Å². The van der Waals surface area contributed by atoms with Crippen molar-refractivity contribution in [2.24, 2.45) is 5.92 Å². The molecule has 0 aromatic carbocycles. The fourth-order valence-corrected chi connectivity index (χ4v) is 2.50. The van der Waals surface area contributed by atoms with Gasteiger partial charge in [-0.2, -0.15) is 0 Å². The van der Waals surface area contributed by atoms with Gasteiger partial charge in [-0.1, -0.05) is 33.1 Å². The van der Waals surface area contributed by atoms with Gasteiger partial charge in [0.25, 0.3) is 0 Å². The summed E-state index contributed by atoms with van der Waals surface area (Å²) in [5, 5.41) is 9.90. The topological polar surface area (TPSA) is 23.5 Å². The van der Waals surface area contributed by atoms with Gasteiger partial charge < -0.3 is 10.0 Å². The molecule has 2 nitrogen and oxygen atoms in total. The number of nitrogens with zero attached hydrogens (tertiary/aromatic N) is 1. The van der Waals surface area contributed by atoms with Gasteiger partial charge in [-0.05, 0) is 32.1 Å². The van der Waals surface area contributed by atoms with Gasteiger partial charge in [-0.25, -0.2) is 0 Å². The van der Waals surface area contributed by atoms with Gasteiger partial charge in [-0.15, -0.1) is 0 Å². The lowest BCUT2D eigenvalue weighted by molar-refractivity contribution is -0.00918. The largest absolute Gasteiger partial charge is 0.390 e. The zero-order valence-corrected chi connectivity index (χ0v) is 11.3. The summed E-state index contributed by atoms with van der Waals surface area (Å²) in [6, 6.07) is 0. The molecule has 0 bridgehead atoms. The highest BCUT2D eigenvalue weighted by Gasteiger charge is 2.27. The molecule has 0 spiro atoms. The van der Waals surface area contributed by atoms with Gasteiger partial charge in [-0.3, -0.25) is 0 Å². The van der Waals surface area contributed by atoms with Crippen molar-refractivity contribution in [1.82, 2.24) is 4.90 Å². The SMILES string of the molecule is CCCCC(CC)CN1CCC(C)(O)CC1. The first kappa shape index (κ1) is 14.0. The van der Waals surface area contributed by atoms with Gasteiger partial charge >= 0.3 is 0 Å². The molecule has 0 saturated carbocycles. The molecular formula is C14H29NO. The zero-order valence-electron chi connectivity index (χ0n) is 11.3. The molecule has 1 rings (SSSR count). The lowest BCUT2D eigenvalue weighted by atomic mass is 9.92. The molecule has 0 aromatic heterocycles. The Hall–Kier alpha value is -0.0800. The first-order valence-electron chi connectivity index (χ1n) is 7.02. The maximum atomic E-state index is 9.90. The lowest BCUT2D eigenvalue weighted by Gasteiger charge is -2.37. The fraction of sp³-hybridized carbons (Fsp3) is 1.00. The molecule has 1 atom stereocenters. The zero-order chi connectivity index (χ0) is 12.0. The molecule has 2 heteroatoms. The first-order valence-corrected chi connectivity index (χ1v) is 7.02. The molecule has 0 amide bonds. The average Bonchev–Trinajstić information content (AvgIpc) is 2.26. The number of hydrogen-bond donors (Lipinski definition) is 1. The number of hydrogen-bond acceptors (Lipinski definition) is 2. The average molecular weight is 227 g/mol. The van der Waals surface area contributed by atoms with Crippen LogP contribution in [-0.2, 0) is 0 Å². The van der Waals surface area contributed by atoms with Crippen molar-refractivity contribution in [3.63, 3.8) is 0 Å². The number of likely N-dealkylation sites (tertiary alicyclic amines) is 1. The van der Waals surface area contributed by atoms with Crippen molar-refractivity contribution < 1.29 is 5.11 Å². The number of rotatable bonds is 6. The Labute approximate surface area is 101 Å². The summed E-state index contributed by atoms with van der Waals surface area (Å²) >= 11 is 0. The second-order valence-electron chi connectivity index (χ2n) is 5.71. The minimum absolute atomic E-state index is 0.401. The van der Waals surface area contributed by atoms with E-state index in [1.165, 1.54) is 32.2 Å². The Morgan fingerprint density at radius 2 is 1.88 bits per heavy atom. The maximum absolute atomic E-state index is 9.90. The molecular weight excluding hydrogens is 198 g/mol. The highest BCUT2D eigenvalue weighted by atomic mass is 16.3. The smallest absolute Gasteiger partial charge is 0.0644 e. The molecule has 0 radical (unpaired) electrons. The normalized spacial score (nSPS) is 23.2. The monoisotopic (exact) mass is 227 g/mol. The fourth-order valence-electron chi connectivity index (χ4n) is 2.50. The van der Waals surface area contributed by atoms with Gasteiger partial charge in [0.15, 0.2) is 0 Å². The minimum atomic E-state index is -0.401. The summed E-state index contributed by atoms with van der Waals surface area (Å²) in [6.45, 7) is 9.95. The Morgan fingerprint density at radius 3 is 2.38 bits per heavy atom. The minimum Gasteiger partial charge on any atom is -0.390 e. The van der Waals surface area contributed by atoms with E-state index in [0.29, 0.717) is 0 Å². The van der Waals surface area contributed by atoms with Crippen molar-refractivity contribution in [2.75, 3.05) is 19.6 Å². The summed E-state index contributed by atoms with van der Waals surface area (Å²) in [5.74, 6) is 0.864. The van der Waals surface area contributed by atoms with Crippen LogP contribution < -0.4 is 0 Å². The van der Waals surface area contributed by atoms with Crippen LogP contribution in [0.25, 0.3) is 0 Å². The molecule has 1 unspecified atom stereocenters. The second-order valence-corrected chi connectivity index (χ2v) is 5.71. The molecule has 1 heterocycles. The van der Waals surface area contributed by atoms with Crippen molar-refractivity contribution in [1.29, 1.82) is 0 Å². The van der Waals surface area contributed by atoms with E-state index in [1.54, 1.807) is 0 Å². The van der Waals surface area contributed by atoms with Crippen molar-refractivity contribution in [3.8, 4) is 0 Å². The van der Waals surface area contributed by atoms with E-state index >= 15 is 0 Å². The molecule has 16 heavy (non-hydrogen) atoms. The van der Waals surface area contributed by atoms with E-state index in [-0.39, 0.29) is 0 Å². The Balaban J connectivity index is 2.25. The maximum Gasteiger partial charge on any atom is 0.0644 e. The summed E-state index contributed by atoms with van der Waals surface area (Å²) in [5.41, 5.74) is -0.401. The standard InChI is InChI=1S/C14H29NO/c1-4-6-7-13(5-2)12-15-10-8-14(3,16)9-11-15/h13,16H,4-12H2,1-3H3. The molecule has 1 aliphatic heterocycles. The second kappa shape index (κ2) is 6.61. The number of piperidine rings is 1. The summed E-state index contributed by atoms with van der Waals surface area (Å²) in [4.78, 5) is 2.54. The quantitative estimate of drug-likeness (QED) is 0.754. The van der Waals surface area contributed by atoms with Gasteiger partial charge in [0.05, 0.1) is 5.60 Å². The van der Waals surface area contributed by atoms with E-state index in [0.717, 1.165) is 31.8 Å². The van der Waals surface area contributed by atoms with Crippen LogP contribution in [-0.4, -0.2) is 35.2 Å². The van der Waals surface area contributed by atoms with E-state index in [9.17, 15) is 5.11 Å². The van der Waals surface area contributed by atoms with Crippen LogP contribution in [0.2, 0.25) is 0 Å². The summed E-state index contributed by atoms with van der Waals surface area (Å²) in [6.07, 6.45) is 7.23. The van der Waals surface area contributed by atoms with Crippen LogP contribution in [0.4, 0.5) is 0 Å². The number of unbranched alkanes of at least 4 members (excludes halogenated alkanes) is 1. The molecule has 0 aromatic rings. The highest BCUT2D eigenvalue weighted by molar-refractivity contribution is 4.82. The predicted molar refractivity (Wildman–Crippen MR) is 69.6 cm³/mol. The lowest BCUT2D eigenvalue weighted by Crippen LogP contribution is -2.44. The molecule has 0 aliphatic carbocycles.